The number of aryl methyl sites for hydroxylation is 1. The predicted octanol–water partition coefficient (Wildman–Crippen LogP) is 3.12. The number of hydrogen-bond donors (Lipinski definition) is 1. The van der Waals surface area contributed by atoms with E-state index in [1.807, 2.05) is 48.9 Å². The molecule has 0 spiro atoms. The Bertz CT molecular complexity index is 520. The van der Waals surface area contributed by atoms with E-state index in [9.17, 15) is 5.11 Å². The number of benzene rings is 1. The van der Waals surface area contributed by atoms with Gasteiger partial charge in [0.25, 0.3) is 0 Å². The van der Waals surface area contributed by atoms with Crippen LogP contribution in [0.2, 0.25) is 0 Å². The molecule has 1 aromatic carbocycles. The molecule has 18 heavy (non-hydrogen) atoms. The molecular formula is C14H17BrN2O. The van der Waals surface area contributed by atoms with Crippen molar-refractivity contribution in [2.24, 2.45) is 0 Å². The van der Waals surface area contributed by atoms with Gasteiger partial charge in [0.2, 0.25) is 0 Å². The fraction of sp³-hybridized carbons (Fsp3) is 0.357. The van der Waals surface area contributed by atoms with Crippen LogP contribution in [0.5, 0.6) is 0 Å². The topological polar surface area (TPSA) is 38.0 Å². The summed E-state index contributed by atoms with van der Waals surface area (Å²) in [4.78, 5) is 0. The molecule has 1 N–H and O–H groups in total. The van der Waals surface area contributed by atoms with Gasteiger partial charge in [-0.2, -0.15) is 5.10 Å². The molecule has 0 radical (unpaired) electrons. The number of nitrogens with zero attached hydrogens (tertiary/aromatic N) is 2. The third-order valence-electron chi connectivity index (χ3n) is 3.00. The fourth-order valence-electron chi connectivity index (χ4n) is 2.21. The van der Waals surface area contributed by atoms with Gasteiger partial charge in [0.05, 0.1) is 16.4 Å². The molecule has 1 atom stereocenters. The highest BCUT2D eigenvalue weighted by Crippen LogP contribution is 2.31. The van der Waals surface area contributed by atoms with Gasteiger partial charge in [-0.05, 0) is 35.3 Å². The second-order valence-corrected chi connectivity index (χ2v) is 5.45. The Morgan fingerprint density at radius 2 is 2.00 bits per heavy atom. The Hall–Kier alpha value is -1.13. The van der Waals surface area contributed by atoms with Gasteiger partial charge in [-0.1, -0.05) is 30.3 Å². The van der Waals surface area contributed by atoms with Crippen LogP contribution in [-0.2, 0) is 18.6 Å². The first-order chi connectivity index (χ1) is 8.54. The van der Waals surface area contributed by atoms with Crippen molar-refractivity contribution in [2.45, 2.75) is 32.4 Å². The molecule has 0 aliphatic heterocycles. The van der Waals surface area contributed by atoms with E-state index in [1.165, 1.54) is 0 Å². The largest absolute Gasteiger partial charge is 0.383 e. The molecule has 96 valence electrons. The third kappa shape index (κ3) is 2.65. The molecular weight excluding hydrogens is 292 g/mol. The lowest BCUT2D eigenvalue weighted by Gasteiger charge is -2.25. The van der Waals surface area contributed by atoms with Crippen LogP contribution < -0.4 is 0 Å². The van der Waals surface area contributed by atoms with Gasteiger partial charge in [0.15, 0.2) is 0 Å². The highest BCUT2D eigenvalue weighted by molar-refractivity contribution is 9.10. The maximum absolute atomic E-state index is 10.7. The van der Waals surface area contributed by atoms with E-state index < -0.39 is 5.60 Å². The molecule has 2 rings (SSSR count). The number of aliphatic hydroxyl groups is 1. The van der Waals surface area contributed by atoms with Crippen LogP contribution in [-0.4, -0.2) is 14.9 Å². The Morgan fingerprint density at radius 3 is 2.61 bits per heavy atom. The Kier molecular flexibility index (Phi) is 3.88. The molecule has 0 fully saturated rings. The lowest BCUT2D eigenvalue weighted by molar-refractivity contribution is 0.0472. The van der Waals surface area contributed by atoms with Gasteiger partial charge in [-0.3, -0.25) is 4.68 Å². The zero-order chi connectivity index (χ0) is 13.2. The molecule has 0 amide bonds. The predicted molar refractivity (Wildman–Crippen MR) is 75.3 cm³/mol. The SMILES string of the molecule is CCn1ncc(Br)c1C(C)(O)Cc1ccccc1. The van der Waals surface area contributed by atoms with E-state index in [4.69, 9.17) is 0 Å². The lowest BCUT2D eigenvalue weighted by atomic mass is 9.93. The molecule has 1 heterocycles. The average molecular weight is 309 g/mol. The van der Waals surface area contributed by atoms with Crippen molar-refractivity contribution in [2.75, 3.05) is 0 Å². The van der Waals surface area contributed by atoms with Crippen LogP contribution in [0.3, 0.4) is 0 Å². The summed E-state index contributed by atoms with van der Waals surface area (Å²) >= 11 is 3.46. The molecule has 0 saturated heterocycles. The number of rotatable bonds is 4. The quantitative estimate of drug-likeness (QED) is 0.942. The molecule has 0 bridgehead atoms. The molecule has 4 heteroatoms. The van der Waals surface area contributed by atoms with Gasteiger partial charge in [0.1, 0.15) is 5.60 Å². The van der Waals surface area contributed by atoms with Crippen molar-refractivity contribution in [3.63, 3.8) is 0 Å². The van der Waals surface area contributed by atoms with Crippen molar-refractivity contribution in [3.05, 3.63) is 52.3 Å². The number of aromatic nitrogens is 2. The van der Waals surface area contributed by atoms with Crippen LogP contribution in [0.4, 0.5) is 0 Å². The standard InChI is InChI=1S/C14H17BrN2O/c1-3-17-13(12(15)10-16-17)14(2,18)9-11-7-5-4-6-8-11/h4-8,10,18H,3,9H2,1-2H3. The van der Waals surface area contributed by atoms with Crippen LogP contribution in [0.1, 0.15) is 25.1 Å². The summed E-state index contributed by atoms with van der Waals surface area (Å²) in [5, 5.41) is 15.0. The Balaban J connectivity index is 2.33. The van der Waals surface area contributed by atoms with Gasteiger partial charge in [-0.25, -0.2) is 0 Å². The highest BCUT2D eigenvalue weighted by Gasteiger charge is 2.30. The van der Waals surface area contributed by atoms with Crippen molar-refractivity contribution >= 4 is 15.9 Å². The summed E-state index contributed by atoms with van der Waals surface area (Å²) in [5.74, 6) is 0. The average Bonchev–Trinajstić information content (AvgIpc) is 2.72. The summed E-state index contributed by atoms with van der Waals surface area (Å²) in [5.41, 5.74) is 0.999. The summed E-state index contributed by atoms with van der Waals surface area (Å²) in [6, 6.07) is 9.99. The summed E-state index contributed by atoms with van der Waals surface area (Å²) < 4.78 is 2.68. The maximum Gasteiger partial charge on any atom is 0.109 e. The molecule has 1 unspecified atom stereocenters. The van der Waals surface area contributed by atoms with Crippen LogP contribution >= 0.6 is 15.9 Å². The van der Waals surface area contributed by atoms with E-state index >= 15 is 0 Å². The maximum atomic E-state index is 10.7. The van der Waals surface area contributed by atoms with Crippen molar-refractivity contribution < 1.29 is 5.11 Å². The zero-order valence-electron chi connectivity index (χ0n) is 10.6. The van der Waals surface area contributed by atoms with E-state index in [-0.39, 0.29) is 0 Å². The summed E-state index contributed by atoms with van der Waals surface area (Å²) in [7, 11) is 0. The second-order valence-electron chi connectivity index (χ2n) is 4.59. The Morgan fingerprint density at radius 1 is 1.33 bits per heavy atom. The van der Waals surface area contributed by atoms with Crippen molar-refractivity contribution in [3.8, 4) is 0 Å². The van der Waals surface area contributed by atoms with E-state index in [2.05, 4.69) is 21.0 Å². The minimum Gasteiger partial charge on any atom is -0.383 e. The van der Waals surface area contributed by atoms with E-state index in [1.54, 1.807) is 6.20 Å². The first kappa shape index (κ1) is 13.3. The minimum atomic E-state index is -0.938. The normalized spacial score (nSPS) is 14.4. The second kappa shape index (κ2) is 5.24. The van der Waals surface area contributed by atoms with Crippen LogP contribution in [0.15, 0.2) is 41.0 Å². The molecule has 0 aliphatic rings. The number of hydrogen-bond acceptors (Lipinski definition) is 2. The number of halogens is 1. The first-order valence-electron chi connectivity index (χ1n) is 6.02. The van der Waals surface area contributed by atoms with Gasteiger partial charge >= 0.3 is 0 Å². The molecule has 0 aliphatic carbocycles. The molecule has 0 saturated carbocycles. The van der Waals surface area contributed by atoms with Crippen LogP contribution in [0, 0.1) is 0 Å². The van der Waals surface area contributed by atoms with Gasteiger partial charge in [0, 0.05) is 13.0 Å². The van der Waals surface area contributed by atoms with Crippen molar-refractivity contribution in [1.82, 2.24) is 9.78 Å². The van der Waals surface area contributed by atoms with Gasteiger partial charge < -0.3 is 5.11 Å². The van der Waals surface area contributed by atoms with E-state index in [0.717, 1.165) is 22.3 Å². The summed E-state index contributed by atoms with van der Waals surface area (Å²) in [6.07, 6.45) is 2.30. The first-order valence-corrected chi connectivity index (χ1v) is 6.82. The fourth-order valence-corrected chi connectivity index (χ4v) is 2.94. The monoisotopic (exact) mass is 308 g/mol. The van der Waals surface area contributed by atoms with Gasteiger partial charge in [-0.15, -0.1) is 0 Å². The Labute approximate surface area is 116 Å². The van der Waals surface area contributed by atoms with Crippen molar-refractivity contribution in [1.29, 1.82) is 0 Å². The molecule has 3 nitrogen and oxygen atoms in total. The van der Waals surface area contributed by atoms with E-state index in [0.29, 0.717) is 6.42 Å². The summed E-state index contributed by atoms with van der Waals surface area (Å²) in [6.45, 7) is 4.58. The minimum absolute atomic E-state index is 0.568. The molecule has 1 aromatic heterocycles. The molecule has 2 aromatic rings. The lowest BCUT2D eigenvalue weighted by Crippen LogP contribution is -2.28. The third-order valence-corrected chi connectivity index (χ3v) is 3.58. The smallest absolute Gasteiger partial charge is 0.109 e. The van der Waals surface area contributed by atoms with Crippen LogP contribution in [0.25, 0.3) is 0 Å². The highest BCUT2D eigenvalue weighted by atomic mass is 79.9. The zero-order valence-corrected chi connectivity index (χ0v) is 12.2.